The van der Waals surface area contributed by atoms with Gasteiger partial charge < -0.3 is 14.2 Å². The molecule has 0 atom stereocenters. The zero-order chi connectivity index (χ0) is 20.8. The largest absolute Gasteiger partial charge is 0.486 e. The fourth-order valence-electron chi connectivity index (χ4n) is 4.71. The van der Waals surface area contributed by atoms with E-state index >= 15 is 0 Å². The fraction of sp³-hybridized carbons (Fsp3) is 0.333. The third-order valence-electron chi connectivity index (χ3n) is 6.29. The van der Waals surface area contributed by atoms with Crippen molar-refractivity contribution in [2.24, 2.45) is 7.05 Å². The van der Waals surface area contributed by atoms with Crippen molar-refractivity contribution in [1.82, 2.24) is 9.47 Å². The number of amides is 1. The zero-order valence-corrected chi connectivity index (χ0v) is 17.6. The van der Waals surface area contributed by atoms with Crippen LogP contribution in [0.15, 0.2) is 42.6 Å². The highest BCUT2D eigenvalue weighted by Crippen LogP contribution is 2.36. The number of hydrogen-bond acceptors (Lipinski definition) is 3. The van der Waals surface area contributed by atoms with E-state index in [0.717, 1.165) is 23.4 Å². The Morgan fingerprint density at radius 1 is 1.13 bits per heavy atom. The highest BCUT2D eigenvalue weighted by Gasteiger charge is 2.27. The quantitative estimate of drug-likeness (QED) is 0.616. The molecular formula is C24H23ClN2O3. The van der Waals surface area contributed by atoms with Crippen LogP contribution in [0.25, 0.3) is 10.9 Å². The summed E-state index contributed by atoms with van der Waals surface area (Å²) < 4.78 is 7.59. The first-order valence-electron chi connectivity index (χ1n) is 10.3. The van der Waals surface area contributed by atoms with Crippen LogP contribution >= 0.6 is 11.6 Å². The van der Waals surface area contributed by atoms with Crippen molar-refractivity contribution in [3.8, 4) is 5.75 Å². The average molecular weight is 423 g/mol. The Balaban J connectivity index is 1.32. The molecule has 2 aliphatic rings. The number of halogens is 1. The lowest BCUT2D eigenvalue weighted by Crippen LogP contribution is -2.38. The van der Waals surface area contributed by atoms with Crippen LogP contribution < -0.4 is 4.74 Å². The number of aryl methyl sites for hydroxylation is 1. The van der Waals surface area contributed by atoms with Gasteiger partial charge in [0.15, 0.2) is 5.78 Å². The molecule has 154 valence electrons. The van der Waals surface area contributed by atoms with Crippen LogP contribution in [0.4, 0.5) is 0 Å². The number of ether oxygens (including phenoxy) is 1. The van der Waals surface area contributed by atoms with Crippen molar-refractivity contribution in [2.75, 3.05) is 19.7 Å². The Kier molecular flexibility index (Phi) is 4.78. The summed E-state index contributed by atoms with van der Waals surface area (Å²) in [5.41, 5.74) is 3.92. The van der Waals surface area contributed by atoms with Crippen molar-refractivity contribution >= 4 is 34.2 Å². The molecule has 1 fully saturated rings. The highest BCUT2D eigenvalue weighted by molar-refractivity contribution is 6.31. The molecule has 6 heteroatoms. The Morgan fingerprint density at radius 2 is 1.93 bits per heavy atom. The number of piperidine rings is 1. The number of ketones is 1. The molecule has 2 aromatic carbocycles. The van der Waals surface area contributed by atoms with Gasteiger partial charge in [0.1, 0.15) is 12.4 Å². The van der Waals surface area contributed by atoms with Gasteiger partial charge in [-0.25, -0.2) is 0 Å². The van der Waals surface area contributed by atoms with Gasteiger partial charge in [0.05, 0.1) is 0 Å². The number of Topliss-reactive ketones (excluding diaryl/α,β-unsaturated/α-hetero) is 1. The summed E-state index contributed by atoms with van der Waals surface area (Å²) in [4.78, 5) is 26.6. The fourth-order valence-corrected chi connectivity index (χ4v) is 4.88. The van der Waals surface area contributed by atoms with Crippen molar-refractivity contribution in [3.05, 3.63) is 64.3 Å². The lowest BCUT2D eigenvalue weighted by molar-refractivity contribution is -0.121. The summed E-state index contributed by atoms with van der Waals surface area (Å²) in [6.07, 6.45) is 4.37. The van der Waals surface area contributed by atoms with E-state index in [-0.39, 0.29) is 18.3 Å². The average Bonchev–Trinajstić information content (AvgIpc) is 3.08. The monoisotopic (exact) mass is 422 g/mol. The molecule has 0 radical (unpaired) electrons. The predicted octanol–water partition coefficient (Wildman–Crippen LogP) is 4.36. The molecule has 2 aliphatic heterocycles. The van der Waals surface area contributed by atoms with Gasteiger partial charge in [0, 0.05) is 59.8 Å². The Bertz CT molecular complexity index is 1160. The number of hydrogen-bond donors (Lipinski definition) is 0. The normalized spacial score (nSPS) is 17.1. The molecule has 0 aliphatic carbocycles. The van der Waals surface area contributed by atoms with Crippen molar-refractivity contribution < 1.29 is 14.3 Å². The molecule has 0 saturated carbocycles. The number of carbonyl (C=O) groups is 2. The summed E-state index contributed by atoms with van der Waals surface area (Å²) >= 11 is 6.24. The number of fused-ring (bicyclic) bond motifs is 2. The first-order valence-corrected chi connectivity index (χ1v) is 10.7. The standard InChI is InChI=1S/C24H23ClN2O3/c1-26-13-21(20-12-18(25)3-4-22(20)26)15-6-8-27(9-7-15)24(29)16-2-5-23-17(10-16)11-19(28)14-30-23/h2-5,10,12-13,15H,6-9,11,14H2,1H3. The summed E-state index contributed by atoms with van der Waals surface area (Å²) in [7, 11) is 2.06. The first-order chi connectivity index (χ1) is 14.5. The van der Waals surface area contributed by atoms with Crippen LogP contribution in [-0.2, 0) is 18.3 Å². The van der Waals surface area contributed by atoms with Crippen molar-refractivity contribution in [1.29, 1.82) is 0 Å². The van der Waals surface area contributed by atoms with Gasteiger partial charge in [-0.15, -0.1) is 0 Å². The molecule has 0 spiro atoms. The molecule has 0 bridgehead atoms. The SMILES string of the molecule is Cn1cc(C2CCN(C(=O)c3ccc4c(c3)CC(=O)CO4)CC2)c2cc(Cl)ccc21. The molecule has 3 aromatic rings. The summed E-state index contributed by atoms with van der Waals surface area (Å²) in [6.45, 7) is 1.55. The molecule has 3 heterocycles. The Hall–Kier alpha value is -2.79. The molecule has 0 unspecified atom stereocenters. The first kappa shape index (κ1) is 19.2. The maximum absolute atomic E-state index is 13.0. The lowest BCUT2D eigenvalue weighted by Gasteiger charge is -2.32. The third kappa shape index (κ3) is 3.37. The number of likely N-dealkylation sites (tertiary alicyclic amines) is 1. The van der Waals surface area contributed by atoms with Crippen LogP contribution in [0.1, 0.15) is 40.2 Å². The maximum atomic E-state index is 13.0. The molecule has 5 rings (SSSR count). The van der Waals surface area contributed by atoms with Crippen LogP contribution in [0.5, 0.6) is 5.75 Å². The van der Waals surface area contributed by atoms with E-state index in [1.807, 2.05) is 29.2 Å². The summed E-state index contributed by atoms with van der Waals surface area (Å²) in [5, 5.41) is 1.95. The van der Waals surface area contributed by atoms with Crippen LogP contribution in [-0.4, -0.2) is 40.9 Å². The minimum atomic E-state index is 0.0234. The van der Waals surface area contributed by atoms with Crippen molar-refractivity contribution in [3.63, 3.8) is 0 Å². The Morgan fingerprint density at radius 3 is 2.73 bits per heavy atom. The second-order valence-corrected chi connectivity index (χ2v) is 8.69. The van der Waals surface area contributed by atoms with E-state index in [0.29, 0.717) is 36.7 Å². The van der Waals surface area contributed by atoms with Gasteiger partial charge in [-0.3, -0.25) is 9.59 Å². The molecule has 30 heavy (non-hydrogen) atoms. The molecular weight excluding hydrogens is 400 g/mol. The minimum absolute atomic E-state index is 0.0234. The van der Waals surface area contributed by atoms with Crippen LogP contribution in [0.2, 0.25) is 5.02 Å². The highest BCUT2D eigenvalue weighted by atomic mass is 35.5. The number of carbonyl (C=O) groups excluding carboxylic acids is 2. The van der Waals surface area contributed by atoms with Gasteiger partial charge in [0.25, 0.3) is 5.91 Å². The second kappa shape index (κ2) is 7.47. The van der Waals surface area contributed by atoms with Gasteiger partial charge in [-0.1, -0.05) is 11.6 Å². The van der Waals surface area contributed by atoms with E-state index in [2.05, 4.69) is 23.9 Å². The van der Waals surface area contributed by atoms with E-state index in [9.17, 15) is 9.59 Å². The number of rotatable bonds is 2. The van der Waals surface area contributed by atoms with Gasteiger partial charge in [-0.05, 0) is 60.7 Å². The topological polar surface area (TPSA) is 51.5 Å². The van der Waals surface area contributed by atoms with Crippen molar-refractivity contribution in [2.45, 2.75) is 25.2 Å². The second-order valence-electron chi connectivity index (χ2n) is 8.25. The van der Waals surface area contributed by atoms with Crippen LogP contribution in [0.3, 0.4) is 0 Å². The number of aromatic nitrogens is 1. The number of benzene rings is 2. The summed E-state index contributed by atoms with van der Waals surface area (Å²) in [5.74, 6) is 1.18. The van der Waals surface area contributed by atoms with E-state index < -0.39 is 0 Å². The predicted molar refractivity (Wildman–Crippen MR) is 116 cm³/mol. The van der Waals surface area contributed by atoms with Gasteiger partial charge in [-0.2, -0.15) is 0 Å². The van der Waals surface area contributed by atoms with E-state index in [4.69, 9.17) is 16.3 Å². The smallest absolute Gasteiger partial charge is 0.253 e. The van der Waals surface area contributed by atoms with E-state index in [1.54, 1.807) is 6.07 Å². The van der Waals surface area contributed by atoms with Gasteiger partial charge >= 0.3 is 0 Å². The molecule has 0 N–H and O–H groups in total. The molecule has 1 aromatic heterocycles. The third-order valence-corrected chi connectivity index (χ3v) is 6.52. The number of nitrogens with zero attached hydrogens (tertiary/aromatic N) is 2. The summed E-state index contributed by atoms with van der Waals surface area (Å²) in [6, 6.07) is 11.4. The van der Waals surface area contributed by atoms with Gasteiger partial charge in [0.2, 0.25) is 0 Å². The van der Waals surface area contributed by atoms with E-state index in [1.165, 1.54) is 16.5 Å². The van der Waals surface area contributed by atoms with Crippen LogP contribution in [0, 0.1) is 0 Å². The molecule has 1 amide bonds. The Labute approximate surface area is 180 Å². The maximum Gasteiger partial charge on any atom is 0.253 e. The molecule has 5 nitrogen and oxygen atoms in total. The molecule has 1 saturated heterocycles. The zero-order valence-electron chi connectivity index (χ0n) is 16.9. The minimum Gasteiger partial charge on any atom is -0.486 e. The lowest BCUT2D eigenvalue weighted by atomic mass is 9.89.